The standard InChI is InChI=1S/C23H33N5O3/c1-15(28-12-4-7-20(28)29)23(31)27-13-10-16(11-14-27)19-9-8-18(21(24)26-19)22(30)25-17-5-2-3-6-17/h8-9,15-17H,2-7,10-14H2,1H3,(H2,24,26)(H,25,30)/t15-/m0/s1. The molecule has 1 aromatic rings. The summed E-state index contributed by atoms with van der Waals surface area (Å²) in [5, 5.41) is 3.06. The van der Waals surface area contributed by atoms with Crippen molar-refractivity contribution >= 4 is 23.5 Å². The third-order valence-corrected chi connectivity index (χ3v) is 7.04. The van der Waals surface area contributed by atoms with E-state index in [1.54, 1.807) is 11.0 Å². The normalized spacial score (nSPS) is 21.5. The number of piperidine rings is 1. The van der Waals surface area contributed by atoms with E-state index >= 15 is 0 Å². The molecule has 8 heteroatoms. The van der Waals surface area contributed by atoms with Crippen LogP contribution < -0.4 is 11.1 Å². The van der Waals surface area contributed by atoms with Gasteiger partial charge in [0.15, 0.2) is 0 Å². The first kappa shape index (κ1) is 21.6. The van der Waals surface area contributed by atoms with Gasteiger partial charge in [0.05, 0.1) is 5.56 Å². The molecule has 0 spiro atoms. The van der Waals surface area contributed by atoms with Crippen molar-refractivity contribution in [3.05, 3.63) is 23.4 Å². The molecule has 0 aromatic carbocycles. The fourth-order valence-electron chi connectivity index (χ4n) is 5.12. The third-order valence-electron chi connectivity index (χ3n) is 7.04. The highest BCUT2D eigenvalue weighted by atomic mass is 16.2. The number of carbonyl (C=O) groups is 3. The van der Waals surface area contributed by atoms with Gasteiger partial charge in [0.1, 0.15) is 11.9 Å². The number of carbonyl (C=O) groups excluding carboxylic acids is 3. The predicted molar refractivity (Wildman–Crippen MR) is 117 cm³/mol. The number of anilines is 1. The van der Waals surface area contributed by atoms with Crippen molar-refractivity contribution in [1.29, 1.82) is 0 Å². The second-order valence-corrected chi connectivity index (χ2v) is 9.09. The Kier molecular flexibility index (Phi) is 6.43. The van der Waals surface area contributed by atoms with Crippen LogP contribution >= 0.6 is 0 Å². The molecule has 1 aliphatic carbocycles. The number of nitrogens with one attached hydrogen (secondary N) is 1. The van der Waals surface area contributed by atoms with Gasteiger partial charge in [0.2, 0.25) is 11.8 Å². The molecule has 1 atom stereocenters. The average molecular weight is 428 g/mol. The summed E-state index contributed by atoms with van der Waals surface area (Å²) in [5.74, 6) is 0.441. The van der Waals surface area contributed by atoms with Crippen LogP contribution in [-0.4, -0.2) is 64.2 Å². The Labute approximate surface area is 183 Å². The maximum absolute atomic E-state index is 12.8. The molecule has 3 aliphatic rings. The Bertz CT molecular complexity index is 844. The molecule has 1 saturated carbocycles. The summed E-state index contributed by atoms with van der Waals surface area (Å²) < 4.78 is 0. The number of nitrogens with zero attached hydrogens (tertiary/aromatic N) is 3. The fraction of sp³-hybridized carbons (Fsp3) is 0.652. The van der Waals surface area contributed by atoms with E-state index in [1.165, 1.54) is 0 Å². The minimum absolute atomic E-state index is 0.0279. The molecule has 3 heterocycles. The number of hydrogen-bond acceptors (Lipinski definition) is 5. The maximum atomic E-state index is 12.8. The lowest BCUT2D eigenvalue weighted by molar-refractivity contribution is -0.143. The van der Waals surface area contributed by atoms with Gasteiger partial charge in [0.25, 0.3) is 5.91 Å². The summed E-state index contributed by atoms with van der Waals surface area (Å²) in [4.78, 5) is 45.4. The van der Waals surface area contributed by atoms with Crippen LogP contribution in [0.1, 0.15) is 80.3 Å². The third kappa shape index (κ3) is 4.67. The second-order valence-electron chi connectivity index (χ2n) is 9.09. The smallest absolute Gasteiger partial charge is 0.255 e. The van der Waals surface area contributed by atoms with Gasteiger partial charge in [-0.15, -0.1) is 0 Å². The summed E-state index contributed by atoms with van der Waals surface area (Å²) in [6.45, 7) is 3.78. The molecule has 1 aromatic heterocycles. The van der Waals surface area contributed by atoms with Crippen LogP contribution in [0.4, 0.5) is 5.82 Å². The molecule has 3 fully saturated rings. The minimum atomic E-state index is -0.391. The van der Waals surface area contributed by atoms with Crippen molar-refractivity contribution in [1.82, 2.24) is 20.1 Å². The predicted octanol–water partition coefficient (Wildman–Crippen LogP) is 2.05. The number of likely N-dealkylation sites (tertiary alicyclic amines) is 2. The summed E-state index contributed by atoms with van der Waals surface area (Å²) in [6.07, 6.45) is 7.34. The summed E-state index contributed by atoms with van der Waals surface area (Å²) in [6, 6.07) is 3.53. The van der Waals surface area contributed by atoms with Crippen LogP contribution in [0.3, 0.4) is 0 Å². The van der Waals surface area contributed by atoms with Crippen molar-refractivity contribution < 1.29 is 14.4 Å². The number of amides is 3. The van der Waals surface area contributed by atoms with Crippen LogP contribution in [0, 0.1) is 0 Å². The Morgan fingerprint density at radius 3 is 2.42 bits per heavy atom. The fourth-order valence-corrected chi connectivity index (χ4v) is 5.12. The first-order valence-electron chi connectivity index (χ1n) is 11.6. The van der Waals surface area contributed by atoms with E-state index in [2.05, 4.69) is 10.3 Å². The topological polar surface area (TPSA) is 109 Å². The number of hydrogen-bond donors (Lipinski definition) is 2. The minimum Gasteiger partial charge on any atom is -0.383 e. The number of aromatic nitrogens is 1. The zero-order valence-corrected chi connectivity index (χ0v) is 18.3. The molecule has 168 valence electrons. The molecule has 0 radical (unpaired) electrons. The summed E-state index contributed by atoms with van der Waals surface area (Å²) in [5.41, 5.74) is 7.44. The Balaban J connectivity index is 1.33. The van der Waals surface area contributed by atoms with Gasteiger partial charge in [-0.2, -0.15) is 0 Å². The van der Waals surface area contributed by atoms with Crippen LogP contribution in [-0.2, 0) is 9.59 Å². The van der Waals surface area contributed by atoms with Gasteiger partial charge in [-0.1, -0.05) is 12.8 Å². The summed E-state index contributed by atoms with van der Waals surface area (Å²) in [7, 11) is 0. The van der Waals surface area contributed by atoms with E-state index < -0.39 is 6.04 Å². The molecule has 0 bridgehead atoms. The van der Waals surface area contributed by atoms with Gasteiger partial charge >= 0.3 is 0 Å². The lowest BCUT2D eigenvalue weighted by Gasteiger charge is -2.35. The molecule has 3 amide bonds. The van der Waals surface area contributed by atoms with Gasteiger partial charge in [0, 0.05) is 43.7 Å². The largest absolute Gasteiger partial charge is 0.383 e. The van der Waals surface area contributed by atoms with Crippen molar-refractivity contribution in [3.8, 4) is 0 Å². The molecule has 3 N–H and O–H groups in total. The highest BCUT2D eigenvalue weighted by molar-refractivity contribution is 5.98. The SMILES string of the molecule is C[C@@H](C(=O)N1CCC(c2ccc(C(=O)NC3CCCC3)c(N)n2)CC1)N1CCCC1=O. The van der Waals surface area contributed by atoms with Crippen LogP contribution in [0.5, 0.6) is 0 Å². The molecular formula is C23H33N5O3. The van der Waals surface area contributed by atoms with E-state index in [-0.39, 0.29) is 35.5 Å². The first-order valence-corrected chi connectivity index (χ1v) is 11.6. The highest BCUT2D eigenvalue weighted by Crippen LogP contribution is 2.29. The van der Waals surface area contributed by atoms with Crippen LogP contribution in [0.15, 0.2) is 12.1 Å². The number of rotatable bonds is 5. The molecule has 2 saturated heterocycles. The Morgan fingerprint density at radius 1 is 1.10 bits per heavy atom. The molecule has 2 aliphatic heterocycles. The van der Waals surface area contributed by atoms with E-state index in [1.807, 2.05) is 17.9 Å². The quantitative estimate of drug-likeness (QED) is 0.748. The maximum Gasteiger partial charge on any atom is 0.255 e. The van der Waals surface area contributed by atoms with E-state index in [0.29, 0.717) is 31.6 Å². The Hall–Kier alpha value is -2.64. The van der Waals surface area contributed by atoms with Crippen molar-refractivity contribution in [3.63, 3.8) is 0 Å². The molecular weight excluding hydrogens is 394 g/mol. The van der Waals surface area contributed by atoms with Gasteiger partial charge in [-0.05, 0) is 51.2 Å². The average Bonchev–Trinajstić information content (AvgIpc) is 3.44. The second kappa shape index (κ2) is 9.24. The molecule has 31 heavy (non-hydrogen) atoms. The van der Waals surface area contributed by atoms with Crippen molar-refractivity contribution in [2.45, 2.75) is 76.3 Å². The molecule has 8 nitrogen and oxygen atoms in total. The first-order chi connectivity index (χ1) is 14.9. The van der Waals surface area contributed by atoms with Crippen molar-refractivity contribution in [2.24, 2.45) is 0 Å². The van der Waals surface area contributed by atoms with Crippen LogP contribution in [0.2, 0.25) is 0 Å². The number of nitrogens with two attached hydrogens (primary N) is 1. The lowest BCUT2D eigenvalue weighted by Crippen LogP contribution is -2.49. The zero-order chi connectivity index (χ0) is 22.0. The summed E-state index contributed by atoms with van der Waals surface area (Å²) >= 11 is 0. The van der Waals surface area contributed by atoms with E-state index in [9.17, 15) is 14.4 Å². The van der Waals surface area contributed by atoms with Gasteiger partial charge in [-0.25, -0.2) is 4.98 Å². The Morgan fingerprint density at radius 2 is 1.81 bits per heavy atom. The lowest BCUT2D eigenvalue weighted by atomic mass is 9.92. The van der Waals surface area contributed by atoms with E-state index in [4.69, 9.17) is 5.73 Å². The number of nitrogen functional groups attached to an aromatic ring is 1. The highest BCUT2D eigenvalue weighted by Gasteiger charge is 2.34. The van der Waals surface area contributed by atoms with E-state index in [0.717, 1.165) is 50.6 Å². The zero-order valence-electron chi connectivity index (χ0n) is 18.3. The van der Waals surface area contributed by atoms with Crippen LogP contribution in [0.25, 0.3) is 0 Å². The van der Waals surface area contributed by atoms with Gasteiger partial charge < -0.3 is 20.9 Å². The molecule has 0 unspecified atom stereocenters. The van der Waals surface area contributed by atoms with Gasteiger partial charge in [-0.3, -0.25) is 14.4 Å². The van der Waals surface area contributed by atoms with Crippen molar-refractivity contribution in [2.75, 3.05) is 25.4 Å². The number of pyridine rings is 1. The monoisotopic (exact) mass is 427 g/mol. The molecule has 4 rings (SSSR count).